The Balaban J connectivity index is 0.000000319. The van der Waals surface area contributed by atoms with Crippen molar-refractivity contribution in [3.63, 3.8) is 0 Å². The van der Waals surface area contributed by atoms with Crippen LogP contribution in [0.25, 0.3) is 5.57 Å². The first-order valence-corrected chi connectivity index (χ1v) is 19.4. The number of carbonyl (C=O) groups is 4. The number of para-hydroxylation sites is 3. The first kappa shape index (κ1) is 46.7. The molecule has 4 aromatic carbocycles. The zero-order valence-electron chi connectivity index (χ0n) is 32.4. The van der Waals surface area contributed by atoms with Crippen LogP contribution in [0.3, 0.4) is 0 Å². The molecule has 0 radical (unpaired) electrons. The Labute approximate surface area is 330 Å². The van der Waals surface area contributed by atoms with Crippen LogP contribution in [0.5, 0.6) is 11.5 Å². The van der Waals surface area contributed by atoms with Crippen LogP contribution in [0.2, 0.25) is 0 Å². The number of carbonyl (C=O) groups excluding carboxylic acids is 4. The van der Waals surface area contributed by atoms with Crippen LogP contribution in [0.1, 0.15) is 68.7 Å². The number of nitrogens with one attached hydrogen (secondary N) is 1. The van der Waals surface area contributed by atoms with Crippen LogP contribution >= 0.6 is 8.38 Å². The van der Waals surface area contributed by atoms with E-state index in [1.165, 1.54) is 36.0 Å². The van der Waals surface area contributed by atoms with E-state index in [1.54, 1.807) is 72.8 Å². The molecule has 2 aliphatic rings. The standard InChI is InChI=1S/C23H21F2O2P.C12H13NO.C6H11NO2.CH3NO.CH5N/c1-3-18(2)19-14-16-20(17-15-19)23(24,25)28(26-21-10-6-4-7-11-21)27-22-12-8-5-9-13-22;14-11-6-2-5-9-3-1-4-10-7-8-13(11)12(9)10;1-6(7-5-9)3-2-4-8;2-1-3;1-2/h3-17H,1-2H3;1,3-4H,2,5-8H2;4-6H,2-3H2,1H3,(H,7,9);1H,(H2,2,3);2H2,1H3/b18-3+;;;;. The lowest BCUT2D eigenvalue weighted by atomic mass is 10.0. The first-order chi connectivity index (χ1) is 27.1. The maximum atomic E-state index is 15.4. The van der Waals surface area contributed by atoms with Gasteiger partial charge in [-0.2, -0.15) is 8.78 Å². The third kappa shape index (κ3) is 14.7. The van der Waals surface area contributed by atoms with E-state index >= 15 is 8.78 Å². The number of benzene rings is 4. The summed E-state index contributed by atoms with van der Waals surface area (Å²) in [6.45, 7) is 6.61. The largest absolute Gasteiger partial charge is 0.434 e. The number of aldehydes is 1. The summed E-state index contributed by atoms with van der Waals surface area (Å²) < 4.78 is 42.0. The predicted octanol–water partition coefficient (Wildman–Crippen LogP) is 8.32. The highest BCUT2D eigenvalue weighted by Gasteiger charge is 2.48. The third-order valence-corrected chi connectivity index (χ3v) is 9.97. The Morgan fingerprint density at radius 3 is 1.89 bits per heavy atom. The molecule has 0 saturated heterocycles. The maximum absolute atomic E-state index is 15.4. The predicted molar refractivity (Wildman–Crippen MR) is 220 cm³/mol. The van der Waals surface area contributed by atoms with Crippen molar-refractivity contribution < 1.29 is 37.0 Å². The summed E-state index contributed by atoms with van der Waals surface area (Å²) in [6.07, 6.45) is 8.75. The number of hydrogen-bond donors (Lipinski definition) is 3. The summed E-state index contributed by atoms with van der Waals surface area (Å²) in [4.78, 5) is 41.9. The quantitative estimate of drug-likeness (QED) is 0.0964. The number of nitrogens with zero attached hydrogens (tertiary/aromatic N) is 1. The summed E-state index contributed by atoms with van der Waals surface area (Å²) >= 11 is 0. The number of allylic oxidation sites excluding steroid dienone is 2. The molecule has 10 nitrogen and oxygen atoms in total. The minimum absolute atomic E-state index is 0.118. The van der Waals surface area contributed by atoms with Crippen LogP contribution in [0.4, 0.5) is 14.5 Å². The van der Waals surface area contributed by atoms with Crippen molar-refractivity contribution in [1.82, 2.24) is 5.32 Å². The van der Waals surface area contributed by atoms with E-state index in [9.17, 15) is 14.4 Å². The van der Waals surface area contributed by atoms with E-state index in [1.807, 2.05) is 31.7 Å². The summed E-state index contributed by atoms with van der Waals surface area (Å²) in [5.41, 5.74) is 11.1. The molecule has 0 saturated carbocycles. The second-order valence-electron chi connectivity index (χ2n) is 12.3. The summed E-state index contributed by atoms with van der Waals surface area (Å²) in [5.74, 6) is 0.991. The fourth-order valence-corrected chi connectivity index (χ4v) is 6.82. The van der Waals surface area contributed by atoms with Gasteiger partial charge in [-0.1, -0.05) is 84.9 Å². The van der Waals surface area contributed by atoms with Gasteiger partial charge in [0.05, 0.1) is 5.69 Å². The molecular weight excluding hydrogens is 737 g/mol. The van der Waals surface area contributed by atoms with Crippen LogP contribution in [-0.2, 0) is 37.7 Å². The normalized spacial score (nSPS) is 13.2. The van der Waals surface area contributed by atoms with Gasteiger partial charge in [0.1, 0.15) is 17.8 Å². The van der Waals surface area contributed by atoms with Gasteiger partial charge < -0.3 is 35.5 Å². The molecule has 6 rings (SSSR count). The van der Waals surface area contributed by atoms with Gasteiger partial charge in [0.25, 0.3) is 0 Å². The van der Waals surface area contributed by atoms with Crippen molar-refractivity contribution in [1.29, 1.82) is 0 Å². The second-order valence-corrected chi connectivity index (χ2v) is 13.7. The van der Waals surface area contributed by atoms with Crippen molar-refractivity contribution in [3.05, 3.63) is 131 Å². The average Bonchev–Trinajstić information content (AvgIpc) is 3.60. The van der Waals surface area contributed by atoms with Gasteiger partial charge in [-0.15, -0.1) is 0 Å². The molecule has 1 atom stereocenters. The summed E-state index contributed by atoms with van der Waals surface area (Å²) in [6, 6.07) is 29.9. The minimum atomic E-state index is -3.30. The van der Waals surface area contributed by atoms with Crippen LogP contribution in [0, 0.1) is 0 Å². The lowest BCUT2D eigenvalue weighted by molar-refractivity contribution is -0.118. The number of aryl methyl sites for hydroxylation is 1. The number of nitrogens with two attached hydrogens (primary N) is 2. The topological polar surface area (TPSA) is 154 Å². The highest BCUT2D eigenvalue weighted by molar-refractivity contribution is 7.49. The molecule has 56 heavy (non-hydrogen) atoms. The molecule has 5 N–H and O–H groups in total. The van der Waals surface area contributed by atoms with Gasteiger partial charge in [0, 0.05) is 31.0 Å². The smallest absolute Gasteiger partial charge is 0.371 e. The van der Waals surface area contributed by atoms with Crippen LogP contribution in [-0.4, -0.2) is 44.6 Å². The van der Waals surface area contributed by atoms with Crippen molar-refractivity contribution in [2.45, 2.75) is 71.0 Å². The number of halogens is 2. The minimum Gasteiger partial charge on any atom is -0.434 e. The molecule has 0 fully saturated rings. The Hall–Kier alpha value is -5.45. The van der Waals surface area contributed by atoms with Gasteiger partial charge >= 0.3 is 14.0 Å². The monoisotopic (exact) mass is 790 g/mol. The number of hydrogen-bond acceptors (Lipinski definition) is 7. The van der Waals surface area contributed by atoms with Crippen LogP contribution in [0.15, 0.2) is 109 Å². The fraction of sp³-hybridized carbons (Fsp3) is 0.302. The fourth-order valence-electron chi connectivity index (χ4n) is 5.56. The Bertz CT molecular complexity index is 1760. The molecule has 4 aromatic rings. The van der Waals surface area contributed by atoms with Crippen molar-refractivity contribution in [2.75, 3.05) is 18.5 Å². The zero-order valence-corrected chi connectivity index (χ0v) is 33.3. The molecule has 0 aromatic heterocycles. The molecule has 300 valence electrons. The maximum Gasteiger partial charge on any atom is 0.371 e. The molecule has 0 aliphatic carbocycles. The first-order valence-electron chi connectivity index (χ1n) is 18.2. The van der Waals surface area contributed by atoms with Gasteiger partial charge in [0.2, 0.25) is 18.7 Å². The van der Waals surface area contributed by atoms with Gasteiger partial charge in [-0.25, -0.2) is 0 Å². The number of anilines is 1. The van der Waals surface area contributed by atoms with Crippen molar-refractivity contribution in [3.8, 4) is 11.5 Å². The summed E-state index contributed by atoms with van der Waals surface area (Å²) in [5, 5.41) is 2.54. The van der Waals surface area contributed by atoms with Crippen LogP contribution < -0.4 is 30.7 Å². The molecule has 2 heterocycles. The van der Waals surface area contributed by atoms with E-state index in [4.69, 9.17) is 13.8 Å². The number of rotatable bonds is 12. The van der Waals surface area contributed by atoms with Crippen molar-refractivity contribution in [2.24, 2.45) is 11.5 Å². The average molecular weight is 791 g/mol. The van der Waals surface area contributed by atoms with Gasteiger partial charge in [0.15, 0.2) is 0 Å². The molecular formula is C43H53F2N4O6P. The van der Waals surface area contributed by atoms with Gasteiger partial charge in [-0.3, -0.25) is 14.4 Å². The molecule has 2 aliphatic heterocycles. The molecule has 3 amide bonds. The van der Waals surface area contributed by atoms with E-state index in [-0.39, 0.29) is 18.0 Å². The van der Waals surface area contributed by atoms with Crippen molar-refractivity contribution >= 4 is 44.6 Å². The highest BCUT2D eigenvalue weighted by Crippen LogP contribution is 2.59. The summed E-state index contributed by atoms with van der Waals surface area (Å²) in [7, 11) is -1.11. The van der Waals surface area contributed by atoms with E-state index in [0.717, 1.165) is 49.7 Å². The van der Waals surface area contributed by atoms with E-state index < -0.39 is 14.0 Å². The molecule has 13 heteroatoms. The number of alkyl halides is 2. The molecule has 1 unspecified atom stereocenters. The van der Waals surface area contributed by atoms with E-state index in [0.29, 0.717) is 36.7 Å². The second kappa shape index (κ2) is 25.6. The lowest BCUT2D eigenvalue weighted by Gasteiger charge is -2.26. The van der Waals surface area contributed by atoms with Gasteiger partial charge in [-0.05, 0) is 100 Å². The Morgan fingerprint density at radius 2 is 1.39 bits per heavy atom. The lowest BCUT2D eigenvalue weighted by Crippen LogP contribution is -2.27. The SMILES string of the molecule is C/C=C(\C)c1ccc(C(F)(F)P(Oc2ccccc2)Oc2ccccc2)cc1.CC(CCC=O)NC=O.CN.NC=O.O=C1CCCc2cccc3c2N1CC3. The van der Waals surface area contributed by atoms with E-state index in [2.05, 4.69) is 35.0 Å². The molecule has 0 spiro atoms. The Morgan fingerprint density at radius 1 is 0.857 bits per heavy atom. The zero-order chi connectivity index (χ0) is 41.3. The number of primary amides is 1. The number of amides is 3. The highest BCUT2D eigenvalue weighted by atomic mass is 31.2. The Kier molecular flexibility index (Phi) is 21.3. The third-order valence-electron chi connectivity index (χ3n) is 8.50. The molecule has 0 bridgehead atoms.